The van der Waals surface area contributed by atoms with E-state index in [2.05, 4.69) is 24.0 Å². The van der Waals surface area contributed by atoms with Crippen molar-refractivity contribution in [3.8, 4) is 11.5 Å². The summed E-state index contributed by atoms with van der Waals surface area (Å²) >= 11 is 0. The molecule has 1 atom stereocenters. The average molecular weight is 363 g/mol. The average Bonchev–Trinajstić information content (AvgIpc) is 2.69. The number of benzene rings is 3. The highest BCUT2D eigenvalue weighted by atomic mass is 19.1. The molecule has 1 heterocycles. The van der Waals surface area contributed by atoms with Gasteiger partial charge >= 0.3 is 0 Å². The van der Waals surface area contributed by atoms with Gasteiger partial charge < -0.3 is 14.7 Å². The second kappa shape index (κ2) is 6.62. The second-order valence-corrected chi connectivity index (χ2v) is 7.02. The molecule has 3 nitrogen and oxygen atoms in total. The number of methoxy groups -OCH3 is 1. The van der Waals surface area contributed by atoms with E-state index in [9.17, 15) is 9.50 Å². The summed E-state index contributed by atoms with van der Waals surface area (Å²) in [7, 11) is 1.68. The van der Waals surface area contributed by atoms with Crippen molar-refractivity contribution in [2.24, 2.45) is 0 Å². The predicted molar refractivity (Wildman–Crippen MR) is 105 cm³/mol. The maximum absolute atomic E-state index is 13.5. The Balaban J connectivity index is 1.91. The van der Waals surface area contributed by atoms with Crippen LogP contribution in [-0.4, -0.2) is 18.8 Å². The molecule has 3 aromatic carbocycles. The van der Waals surface area contributed by atoms with Gasteiger partial charge in [0.1, 0.15) is 17.3 Å². The number of halogens is 1. The Kier molecular flexibility index (Phi) is 4.27. The second-order valence-electron chi connectivity index (χ2n) is 7.02. The third kappa shape index (κ3) is 2.91. The summed E-state index contributed by atoms with van der Waals surface area (Å²) in [6, 6.07) is 20.1. The minimum absolute atomic E-state index is 0.237. The van der Waals surface area contributed by atoms with E-state index in [1.807, 2.05) is 30.3 Å². The number of phenolic OH excluding ortho intramolecular Hbond substituents is 1. The Hall–Kier alpha value is -3.01. The number of hydrogen-bond donors (Lipinski definition) is 1. The third-order valence-corrected chi connectivity index (χ3v) is 5.55. The van der Waals surface area contributed by atoms with Gasteiger partial charge in [-0.15, -0.1) is 0 Å². The summed E-state index contributed by atoms with van der Waals surface area (Å²) in [5.74, 6) is 0.839. The van der Waals surface area contributed by atoms with Crippen molar-refractivity contribution < 1.29 is 14.2 Å². The molecule has 1 unspecified atom stereocenters. The number of phenols is 1. The smallest absolute Gasteiger partial charge is 0.123 e. The molecule has 1 N–H and O–H groups in total. The van der Waals surface area contributed by atoms with Crippen LogP contribution in [0.1, 0.15) is 23.6 Å². The molecule has 4 heteroatoms. The van der Waals surface area contributed by atoms with Crippen LogP contribution in [0.15, 0.2) is 66.7 Å². The lowest BCUT2D eigenvalue weighted by Crippen LogP contribution is -2.49. The molecule has 0 saturated heterocycles. The summed E-state index contributed by atoms with van der Waals surface area (Å²) < 4.78 is 18.9. The molecule has 0 radical (unpaired) electrons. The number of aromatic hydroxyl groups is 1. The number of hydrogen-bond acceptors (Lipinski definition) is 3. The molecular formula is C23H22FNO2. The summed E-state index contributed by atoms with van der Waals surface area (Å²) in [4.78, 5) is 2.30. The van der Waals surface area contributed by atoms with E-state index >= 15 is 0 Å². The molecule has 138 valence electrons. The quantitative estimate of drug-likeness (QED) is 0.721. The lowest BCUT2D eigenvalue weighted by molar-refractivity contribution is 0.411. The molecular weight excluding hydrogens is 341 g/mol. The van der Waals surface area contributed by atoms with Gasteiger partial charge in [0, 0.05) is 12.2 Å². The highest BCUT2D eigenvalue weighted by Gasteiger charge is 2.40. The van der Waals surface area contributed by atoms with Crippen molar-refractivity contribution in [1.29, 1.82) is 0 Å². The van der Waals surface area contributed by atoms with Gasteiger partial charge in [-0.05, 0) is 78.6 Å². The van der Waals surface area contributed by atoms with Gasteiger partial charge in [-0.25, -0.2) is 4.39 Å². The van der Waals surface area contributed by atoms with E-state index in [1.165, 1.54) is 23.3 Å². The highest BCUT2D eigenvalue weighted by molar-refractivity contribution is 5.60. The first-order chi connectivity index (χ1) is 13.0. The number of nitrogens with zero attached hydrogens (tertiary/aromatic N) is 1. The maximum atomic E-state index is 13.5. The Bertz CT molecular complexity index is 953. The van der Waals surface area contributed by atoms with Crippen LogP contribution in [-0.2, 0) is 12.0 Å². The van der Waals surface area contributed by atoms with Crippen molar-refractivity contribution >= 4 is 5.69 Å². The molecule has 1 aliphatic heterocycles. The Morgan fingerprint density at radius 2 is 1.70 bits per heavy atom. The molecule has 0 spiro atoms. The molecule has 1 aliphatic rings. The summed E-state index contributed by atoms with van der Waals surface area (Å²) in [5.41, 5.74) is 4.00. The lowest BCUT2D eigenvalue weighted by Gasteiger charge is -2.48. The zero-order chi connectivity index (χ0) is 19.0. The van der Waals surface area contributed by atoms with Crippen molar-refractivity contribution in [2.75, 3.05) is 18.6 Å². The van der Waals surface area contributed by atoms with Gasteiger partial charge in [0.15, 0.2) is 0 Å². The summed E-state index contributed by atoms with van der Waals surface area (Å²) in [5, 5.41) is 9.74. The van der Waals surface area contributed by atoms with E-state index in [-0.39, 0.29) is 11.6 Å². The molecule has 0 saturated carbocycles. The van der Waals surface area contributed by atoms with Crippen molar-refractivity contribution in [3.05, 3.63) is 89.2 Å². The fourth-order valence-corrected chi connectivity index (χ4v) is 4.09. The number of rotatable bonds is 3. The van der Waals surface area contributed by atoms with Crippen LogP contribution in [0.4, 0.5) is 10.1 Å². The van der Waals surface area contributed by atoms with Gasteiger partial charge in [-0.3, -0.25) is 0 Å². The normalized spacial score (nSPS) is 18.9. The van der Waals surface area contributed by atoms with E-state index in [0.29, 0.717) is 0 Å². The van der Waals surface area contributed by atoms with E-state index < -0.39 is 5.54 Å². The first-order valence-corrected chi connectivity index (χ1v) is 9.02. The van der Waals surface area contributed by atoms with Crippen molar-refractivity contribution in [1.82, 2.24) is 0 Å². The minimum Gasteiger partial charge on any atom is -0.508 e. The van der Waals surface area contributed by atoms with E-state index in [1.54, 1.807) is 19.2 Å². The van der Waals surface area contributed by atoms with Crippen LogP contribution in [0.5, 0.6) is 11.5 Å². The zero-order valence-electron chi connectivity index (χ0n) is 15.4. The lowest BCUT2D eigenvalue weighted by atomic mass is 9.76. The summed E-state index contributed by atoms with van der Waals surface area (Å²) in [6.45, 7) is 2.97. The van der Waals surface area contributed by atoms with Gasteiger partial charge in [0.05, 0.1) is 12.6 Å². The fraction of sp³-hybridized carbons (Fsp3) is 0.217. The molecule has 4 rings (SSSR count). The van der Waals surface area contributed by atoms with Crippen LogP contribution in [0, 0.1) is 5.82 Å². The monoisotopic (exact) mass is 363 g/mol. The van der Waals surface area contributed by atoms with Gasteiger partial charge in [0.25, 0.3) is 0 Å². The van der Waals surface area contributed by atoms with E-state index in [0.717, 1.165) is 30.0 Å². The molecule has 0 aliphatic carbocycles. The van der Waals surface area contributed by atoms with E-state index in [4.69, 9.17) is 4.74 Å². The Labute approximate surface area is 158 Å². The number of anilines is 1. The number of ether oxygens (including phenoxy) is 1. The third-order valence-electron chi connectivity index (χ3n) is 5.55. The Morgan fingerprint density at radius 3 is 2.37 bits per heavy atom. The predicted octanol–water partition coefficient (Wildman–Crippen LogP) is 4.87. The van der Waals surface area contributed by atoms with Crippen LogP contribution < -0.4 is 9.64 Å². The maximum Gasteiger partial charge on any atom is 0.123 e. The van der Waals surface area contributed by atoms with Gasteiger partial charge in [0.2, 0.25) is 0 Å². The van der Waals surface area contributed by atoms with Crippen molar-refractivity contribution in [3.63, 3.8) is 0 Å². The topological polar surface area (TPSA) is 32.7 Å². The first-order valence-electron chi connectivity index (χ1n) is 9.02. The Morgan fingerprint density at radius 1 is 1.00 bits per heavy atom. The van der Waals surface area contributed by atoms with Crippen molar-refractivity contribution in [2.45, 2.75) is 18.9 Å². The largest absolute Gasteiger partial charge is 0.508 e. The van der Waals surface area contributed by atoms with Gasteiger partial charge in [-0.1, -0.05) is 18.2 Å². The molecule has 0 bridgehead atoms. The molecule has 27 heavy (non-hydrogen) atoms. The molecule has 0 amide bonds. The minimum atomic E-state index is -0.453. The molecule has 3 aromatic rings. The zero-order valence-corrected chi connectivity index (χ0v) is 15.4. The van der Waals surface area contributed by atoms with Crippen LogP contribution in [0.3, 0.4) is 0 Å². The summed E-state index contributed by atoms with van der Waals surface area (Å²) in [6.07, 6.45) is 0.873. The molecule has 0 aromatic heterocycles. The van der Waals surface area contributed by atoms with Crippen LogP contribution in [0.2, 0.25) is 0 Å². The standard InChI is InChI=1S/C23H22FNO2/c1-23(17-3-9-20(26)10-4-17)22-12-11-21(27-2)15-16(22)13-14-25(23)19-7-5-18(24)6-8-19/h3-12,15,26H,13-14H2,1-2H3. The first kappa shape index (κ1) is 17.4. The van der Waals surface area contributed by atoms with Gasteiger partial charge in [-0.2, -0.15) is 0 Å². The van der Waals surface area contributed by atoms with Crippen LogP contribution >= 0.6 is 0 Å². The highest BCUT2D eigenvalue weighted by Crippen LogP contribution is 2.44. The SMILES string of the molecule is COc1ccc2c(c1)CCN(c1ccc(F)cc1)C2(C)c1ccc(O)cc1. The van der Waals surface area contributed by atoms with Crippen LogP contribution in [0.25, 0.3) is 0 Å². The fourth-order valence-electron chi connectivity index (χ4n) is 4.09. The molecule has 0 fully saturated rings. The number of fused-ring (bicyclic) bond motifs is 1.